The average molecular weight is 331 g/mol. The van der Waals surface area contributed by atoms with Gasteiger partial charge in [0.15, 0.2) is 0 Å². The summed E-state index contributed by atoms with van der Waals surface area (Å²) in [5.41, 5.74) is 4.38. The molecule has 2 aromatic heterocycles. The zero-order valence-corrected chi connectivity index (χ0v) is 14.1. The summed E-state index contributed by atoms with van der Waals surface area (Å²) in [4.78, 5) is 17.9. The maximum atomic E-state index is 11.4. The number of carbonyl (C=O) groups excluding carboxylic acids is 1. The highest BCUT2D eigenvalue weighted by Gasteiger charge is 2.15. The molecule has 2 nitrogen and oxygen atoms in total. The Balaban J connectivity index is 2.03. The topological polar surface area (TPSA) is 30.0 Å². The Labute approximate surface area is 136 Å². The molecule has 3 rings (SSSR count). The lowest BCUT2D eigenvalue weighted by molar-refractivity contribution is 0.109. The van der Waals surface area contributed by atoms with Crippen LogP contribution < -0.4 is 0 Å². The minimum Gasteiger partial charge on any atom is -0.281 e. The molecule has 3 aromatic rings. The number of rotatable bonds is 3. The highest BCUT2D eigenvalue weighted by molar-refractivity contribution is 7.97. The van der Waals surface area contributed by atoms with Crippen LogP contribution in [0.15, 0.2) is 35.7 Å². The summed E-state index contributed by atoms with van der Waals surface area (Å²) < 4.78 is 0. The number of thiophene rings is 1. The van der Waals surface area contributed by atoms with Crippen LogP contribution in [0.1, 0.15) is 20.1 Å². The van der Waals surface area contributed by atoms with Crippen LogP contribution >= 0.6 is 35.3 Å². The van der Waals surface area contributed by atoms with Crippen LogP contribution in [0.4, 0.5) is 0 Å². The predicted molar refractivity (Wildman–Crippen MR) is 93.7 cm³/mol. The van der Waals surface area contributed by atoms with Gasteiger partial charge in [-0.2, -0.15) is 0 Å². The Bertz CT molecular complexity index is 817. The van der Waals surface area contributed by atoms with Crippen LogP contribution in [0, 0.1) is 13.8 Å². The fourth-order valence-corrected chi connectivity index (χ4v) is 4.20. The van der Waals surface area contributed by atoms with Gasteiger partial charge in [0.2, 0.25) is 5.12 Å². The molecule has 0 aliphatic rings. The summed E-state index contributed by atoms with van der Waals surface area (Å²) in [6.07, 6.45) is 0. The molecule has 0 N–H and O–H groups in total. The number of carbonyl (C=O) groups is 1. The van der Waals surface area contributed by atoms with E-state index in [-0.39, 0.29) is 5.12 Å². The summed E-state index contributed by atoms with van der Waals surface area (Å²) in [5.74, 6) is 0. The van der Waals surface area contributed by atoms with Crippen molar-refractivity contribution in [2.45, 2.75) is 13.8 Å². The van der Waals surface area contributed by atoms with E-state index in [1.807, 2.05) is 25.1 Å². The second-order valence-electron chi connectivity index (χ2n) is 4.74. The van der Waals surface area contributed by atoms with E-state index >= 15 is 0 Å². The third-order valence-electron chi connectivity index (χ3n) is 3.28. The Kier molecular flexibility index (Phi) is 3.97. The van der Waals surface area contributed by atoms with Crippen LogP contribution in [0.25, 0.3) is 21.8 Å². The third kappa shape index (κ3) is 2.81. The van der Waals surface area contributed by atoms with E-state index in [4.69, 9.17) is 4.98 Å². The van der Waals surface area contributed by atoms with Crippen LogP contribution in [0.5, 0.6) is 0 Å². The fraction of sp³-hybridized carbons (Fsp3) is 0.125. The van der Waals surface area contributed by atoms with Crippen molar-refractivity contribution < 1.29 is 4.79 Å². The average Bonchev–Trinajstić information content (AvgIpc) is 3.05. The molecule has 0 bridgehead atoms. The number of hydrogen-bond donors (Lipinski definition) is 1. The molecule has 0 unspecified atom stereocenters. The largest absolute Gasteiger partial charge is 0.281 e. The van der Waals surface area contributed by atoms with Crippen molar-refractivity contribution in [3.63, 3.8) is 0 Å². The number of aryl methyl sites for hydroxylation is 2. The minimum atomic E-state index is -0.190. The van der Waals surface area contributed by atoms with Gasteiger partial charge in [-0.15, -0.1) is 22.7 Å². The molecular formula is C16H13NOS3. The highest BCUT2D eigenvalue weighted by atomic mass is 32.1. The molecule has 5 heteroatoms. The first-order valence-electron chi connectivity index (χ1n) is 6.42. The van der Waals surface area contributed by atoms with Crippen molar-refractivity contribution in [1.82, 2.24) is 4.98 Å². The summed E-state index contributed by atoms with van der Waals surface area (Å²) in [6.45, 7) is 4.09. The lowest BCUT2D eigenvalue weighted by Crippen LogP contribution is -1.83. The molecule has 0 radical (unpaired) electrons. The Hall–Kier alpha value is -1.43. The molecule has 0 fully saturated rings. The van der Waals surface area contributed by atoms with Crippen LogP contribution in [0.2, 0.25) is 0 Å². The second kappa shape index (κ2) is 5.75. The van der Waals surface area contributed by atoms with E-state index in [1.165, 1.54) is 16.9 Å². The van der Waals surface area contributed by atoms with Gasteiger partial charge in [0.25, 0.3) is 0 Å². The quantitative estimate of drug-likeness (QED) is 0.666. The summed E-state index contributed by atoms with van der Waals surface area (Å²) >= 11 is 6.96. The first kappa shape index (κ1) is 14.5. The maximum Gasteiger partial charge on any atom is 0.226 e. The Morgan fingerprint density at radius 2 is 1.95 bits per heavy atom. The van der Waals surface area contributed by atoms with Crippen molar-refractivity contribution in [3.05, 3.63) is 51.0 Å². The fourth-order valence-electron chi connectivity index (χ4n) is 2.18. The number of benzene rings is 1. The van der Waals surface area contributed by atoms with Crippen molar-refractivity contribution in [2.75, 3.05) is 0 Å². The molecular weight excluding hydrogens is 318 g/mol. The molecule has 0 atom stereocenters. The van der Waals surface area contributed by atoms with E-state index < -0.39 is 0 Å². The normalized spacial score (nSPS) is 10.8. The van der Waals surface area contributed by atoms with Crippen LogP contribution in [-0.4, -0.2) is 10.1 Å². The molecule has 0 aliphatic carbocycles. The van der Waals surface area contributed by atoms with E-state index in [9.17, 15) is 4.79 Å². The van der Waals surface area contributed by atoms with Crippen molar-refractivity contribution >= 4 is 40.4 Å². The third-order valence-corrected chi connectivity index (χ3v) is 5.60. The molecule has 1 aromatic carbocycles. The predicted octanol–water partition coefficient (Wildman–Crippen LogP) is 5.23. The summed E-state index contributed by atoms with van der Waals surface area (Å²) in [5, 5.41) is 2.82. The summed E-state index contributed by atoms with van der Waals surface area (Å²) in [6, 6.07) is 10.1. The van der Waals surface area contributed by atoms with E-state index in [0.29, 0.717) is 4.88 Å². The van der Waals surface area contributed by atoms with Crippen LogP contribution in [0.3, 0.4) is 0 Å². The van der Waals surface area contributed by atoms with Gasteiger partial charge >= 0.3 is 0 Å². The van der Waals surface area contributed by atoms with Gasteiger partial charge in [0.1, 0.15) is 5.01 Å². The second-order valence-corrected chi connectivity index (χ2v) is 7.26. The standard InChI is InChI=1S/C16H13NOS3/c1-9-5-3-4-6-11(9)13-8-20-15(17-13)12-7-14(16(18)19)21-10(12)2/h3-8H,1-2H3,(H,18,19). The lowest BCUT2D eigenvalue weighted by Gasteiger charge is -2.00. The number of hydrogen-bond acceptors (Lipinski definition) is 4. The van der Waals surface area contributed by atoms with Crippen molar-refractivity contribution in [2.24, 2.45) is 0 Å². The zero-order valence-electron chi connectivity index (χ0n) is 11.6. The van der Waals surface area contributed by atoms with E-state index in [1.54, 1.807) is 11.3 Å². The van der Waals surface area contributed by atoms with Gasteiger partial charge < -0.3 is 0 Å². The van der Waals surface area contributed by atoms with Gasteiger partial charge in [-0.05, 0) is 25.5 Å². The number of aromatic nitrogens is 1. The molecule has 0 spiro atoms. The highest BCUT2D eigenvalue weighted by Crippen LogP contribution is 2.36. The van der Waals surface area contributed by atoms with Gasteiger partial charge in [0, 0.05) is 21.4 Å². The van der Waals surface area contributed by atoms with Gasteiger partial charge in [-0.1, -0.05) is 36.9 Å². The van der Waals surface area contributed by atoms with Gasteiger partial charge in [-0.25, -0.2) is 4.98 Å². The Morgan fingerprint density at radius 1 is 1.19 bits per heavy atom. The number of thiol groups is 1. The lowest BCUT2D eigenvalue weighted by atomic mass is 10.1. The Morgan fingerprint density at radius 3 is 2.62 bits per heavy atom. The minimum absolute atomic E-state index is 0.190. The molecule has 106 valence electrons. The number of nitrogens with zero attached hydrogens (tertiary/aromatic N) is 1. The zero-order chi connectivity index (χ0) is 15.0. The molecule has 0 saturated carbocycles. The van der Waals surface area contributed by atoms with Crippen LogP contribution in [-0.2, 0) is 0 Å². The molecule has 0 amide bonds. The van der Waals surface area contributed by atoms with Gasteiger partial charge in [0.05, 0.1) is 10.6 Å². The monoisotopic (exact) mass is 331 g/mol. The van der Waals surface area contributed by atoms with Gasteiger partial charge in [-0.3, -0.25) is 4.79 Å². The van der Waals surface area contributed by atoms with E-state index in [2.05, 4.69) is 37.1 Å². The first-order chi connectivity index (χ1) is 10.1. The smallest absolute Gasteiger partial charge is 0.226 e. The molecule has 21 heavy (non-hydrogen) atoms. The molecule has 0 aliphatic heterocycles. The van der Waals surface area contributed by atoms with Crippen molar-refractivity contribution in [1.29, 1.82) is 0 Å². The van der Waals surface area contributed by atoms with E-state index in [0.717, 1.165) is 26.7 Å². The molecule has 2 heterocycles. The summed E-state index contributed by atoms with van der Waals surface area (Å²) in [7, 11) is 0. The maximum absolute atomic E-state index is 11.4. The van der Waals surface area contributed by atoms with Crippen molar-refractivity contribution in [3.8, 4) is 21.8 Å². The first-order valence-corrected chi connectivity index (χ1v) is 8.56. The SMILES string of the molecule is Cc1ccccc1-c1csc(-c2cc(C(=O)S)sc2C)n1. The number of thiazole rings is 1. The molecule has 0 saturated heterocycles.